The molecule has 36 heavy (non-hydrogen) atoms. The van der Waals surface area contributed by atoms with Gasteiger partial charge in [-0.05, 0) is 30.0 Å². The molecule has 12 heteroatoms. The molecule has 0 saturated heterocycles. The smallest absolute Gasteiger partial charge is 0.408 e. The number of hydrogen-bond acceptors (Lipinski definition) is 7. The van der Waals surface area contributed by atoms with Gasteiger partial charge in [0.2, 0.25) is 11.8 Å². The first kappa shape index (κ1) is 25.3. The largest absolute Gasteiger partial charge is 0.481 e. The van der Waals surface area contributed by atoms with Gasteiger partial charge in [-0.3, -0.25) is 4.79 Å². The van der Waals surface area contributed by atoms with Crippen LogP contribution in [0, 0.1) is 0 Å². The number of hydrogen-bond donors (Lipinski definition) is 2. The van der Waals surface area contributed by atoms with Crippen LogP contribution < -0.4 is 14.8 Å². The molecule has 0 spiro atoms. The van der Waals surface area contributed by atoms with Crippen molar-refractivity contribution in [1.82, 2.24) is 19.7 Å². The summed E-state index contributed by atoms with van der Waals surface area (Å²) in [4.78, 5) is 20.2. The van der Waals surface area contributed by atoms with Crippen LogP contribution in [-0.4, -0.2) is 57.3 Å². The summed E-state index contributed by atoms with van der Waals surface area (Å²) in [5.41, 5.74) is 2.50. The molecule has 0 aromatic carbocycles. The number of carboxylic acids is 1. The van der Waals surface area contributed by atoms with Crippen molar-refractivity contribution in [1.29, 1.82) is 0 Å². The molecule has 2 N–H and O–H groups in total. The van der Waals surface area contributed by atoms with E-state index in [1.54, 1.807) is 12.1 Å². The molecule has 0 amide bonds. The highest BCUT2D eigenvalue weighted by atomic mass is 19.4. The lowest BCUT2D eigenvalue weighted by Crippen LogP contribution is -2.20. The summed E-state index contributed by atoms with van der Waals surface area (Å²) >= 11 is 0. The van der Waals surface area contributed by atoms with E-state index in [0.717, 1.165) is 36.5 Å². The number of pyridine rings is 2. The molecular formula is C24H26F3N5O4. The maximum Gasteiger partial charge on any atom is 0.408 e. The summed E-state index contributed by atoms with van der Waals surface area (Å²) in [5.74, 6) is -0.907. The van der Waals surface area contributed by atoms with Crippen LogP contribution >= 0.6 is 0 Å². The zero-order valence-electron chi connectivity index (χ0n) is 19.6. The number of anilines is 1. The quantitative estimate of drug-likeness (QED) is 0.428. The van der Waals surface area contributed by atoms with E-state index in [-0.39, 0.29) is 24.6 Å². The van der Waals surface area contributed by atoms with Gasteiger partial charge in [0.25, 0.3) is 0 Å². The Morgan fingerprint density at radius 2 is 2.11 bits per heavy atom. The molecule has 1 unspecified atom stereocenters. The minimum atomic E-state index is -4.54. The van der Waals surface area contributed by atoms with E-state index < -0.39 is 24.6 Å². The first-order valence-electron chi connectivity index (χ1n) is 11.4. The molecule has 0 fully saturated rings. The Kier molecular flexibility index (Phi) is 7.61. The van der Waals surface area contributed by atoms with Crippen molar-refractivity contribution < 1.29 is 32.5 Å². The second kappa shape index (κ2) is 10.8. The number of nitrogens with one attached hydrogen (secondary N) is 1. The normalized spacial score (nSPS) is 14.0. The molecule has 0 bridgehead atoms. The van der Waals surface area contributed by atoms with Crippen molar-refractivity contribution in [3.8, 4) is 11.8 Å². The lowest BCUT2D eigenvalue weighted by atomic mass is 9.94. The Labute approximate surface area is 205 Å². The fraction of sp³-hybridized carbons (Fsp3) is 0.417. The highest BCUT2D eigenvalue weighted by Gasteiger charge is 2.32. The third kappa shape index (κ3) is 6.43. The number of rotatable bonds is 10. The van der Waals surface area contributed by atoms with Gasteiger partial charge >= 0.3 is 12.1 Å². The summed E-state index contributed by atoms with van der Waals surface area (Å²) < 4.78 is 51.2. The number of halogens is 3. The summed E-state index contributed by atoms with van der Waals surface area (Å²) in [7, 11) is 1.44. The van der Waals surface area contributed by atoms with Crippen LogP contribution in [0.25, 0.3) is 0 Å². The van der Waals surface area contributed by atoms with Crippen molar-refractivity contribution in [2.75, 3.05) is 25.6 Å². The molecule has 4 rings (SSSR count). The Bertz CT molecular complexity index is 1200. The third-order valence-corrected chi connectivity index (χ3v) is 5.76. The van der Waals surface area contributed by atoms with Crippen LogP contribution in [0.2, 0.25) is 0 Å². The van der Waals surface area contributed by atoms with Crippen molar-refractivity contribution in [2.45, 2.75) is 44.3 Å². The van der Waals surface area contributed by atoms with Gasteiger partial charge in [-0.25, -0.2) is 14.6 Å². The molecule has 192 valence electrons. The van der Waals surface area contributed by atoms with Crippen LogP contribution in [0.1, 0.15) is 41.3 Å². The van der Waals surface area contributed by atoms with Crippen molar-refractivity contribution in [3.63, 3.8) is 0 Å². The van der Waals surface area contributed by atoms with Gasteiger partial charge in [-0.15, -0.1) is 0 Å². The molecule has 1 aliphatic rings. The van der Waals surface area contributed by atoms with Gasteiger partial charge in [0.05, 0.1) is 25.8 Å². The van der Waals surface area contributed by atoms with Crippen molar-refractivity contribution in [2.24, 2.45) is 0 Å². The van der Waals surface area contributed by atoms with E-state index in [1.165, 1.54) is 19.4 Å². The monoisotopic (exact) mass is 505 g/mol. The number of carbonyl (C=O) groups is 1. The Morgan fingerprint density at radius 3 is 2.81 bits per heavy atom. The predicted molar refractivity (Wildman–Crippen MR) is 123 cm³/mol. The maximum absolute atomic E-state index is 13.2. The predicted octanol–water partition coefficient (Wildman–Crippen LogP) is 3.83. The van der Waals surface area contributed by atoms with Crippen LogP contribution in [-0.2, 0) is 24.2 Å². The molecule has 0 radical (unpaired) electrons. The SMILES string of the molecule is COc1ccc(C(CC(=O)O)c2cc(OCCc3ccc4c(n3)NCCC4)n(CC(F)(F)F)n2)cn1. The Hall–Kier alpha value is -3.83. The summed E-state index contributed by atoms with van der Waals surface area (Å²) in [5, 5.41) is 16.7. The highest BCUT2D eigenvalue weighted by Crippen LogP contribution is 2.32. The lowest BCUT2D eigenvalue weighted by Gasteiger charge is -2.17. The standard InChI is InChI=1S/C24H26F3N5O4/c1-35-20-7-5-16(13-29-20)18(11-22(33)34)19-12-21(32(31-19)14-24(25,26)27)36-10-8-17-6-4-15-3-2-9-28-23(15)30-17/h4-7,12-13,18H,2-3,8-11,14H2,1H3,(H,28,30)(H,33,34). The first-order valence-corrected chi connectivity index (χ1v) is 11.4. The molecule has 1 aliphatic heterocycles. The molecule has 4 heterocycles. The summed E-state index contributed by atoms with van der Waals surface area (Å²) in [6.45, 7) is -0.451. The number of alkyl halides is 3. The lowest BCUT2D eigenvalue weighted by molar-refractivity contribution is -0.143. The van der Waals surface area contributed by atoms with E-state index in [0.29, 0.717) is 22.5 Å². The van der Waals surface area contributed by atoms with Gasteiger partial charge in [0.15, 0.2) is 0 Å². The fourth-order valence-corrected chi connectivity index (χ4v) is 4.04. The van der Waals surface area contributed by atoms with E-state index >= 15 is 0 Å². The van der Waals surface area contributed by atoms with E-state index in [1.807, 2.05) is 12.1 Å². The van der Waals surface area contributed by atoms with Gasteiger partial charge in [0, 0.05) is 42.9 Å². The van der Waals surface area contributed by atoms with Crippen LogP contribution in [0.5, 0.6) is 11.8 Å². The number of fused-ring (bicyclic) bond motifs is 1. The number of ether oxygens (including phenoxy) is 2. The molecule has 3 aromatic rings. The molecule has 3 aromatic heterocycles. The molecular weight excluding hydrogens is 479 g/mol. The van der Waals surface area contributed by atoms with Crippen molar-refractivity contribution >= 4 is 11.8 Å². The molecule has 0 saturated carbocycles. The van der Waals surface area contributed by atoms with Crippen LogP contribution in [0.15, 0.2) is 36.5 Å². The summed E-state index contributed by atoms with van der Waals surface area (Å²) in [6, 6.07) is 8.39. The number of aromatic nitrogens is 4. The first-order chi connectivity index (χ1) is 17.2. The molecule has 0 aliphatic carbocycles. The van der Waals surface area contributed by atoms with Crippen LogP contribution in [0.3, 0.4) is 0 Å². The van der Waals surface area contributed by atoms with Gasteiger partial charge in [-0.1, -0.05) is 12.1 Å². The number of carboxylic acid groups (broad SMARTS) is 1. The Balaban J connectivity index is 1.55. The van der Waals surface area contributed by atoms with Crippen LogP contribution in [0.4, 0.5) is 19.0 Å². The fourth-order valence-electron chi connectivity index (χ4n) is 4.04. The second-order valence-corrected chi connectivity index (χ2v) is 8.40. The van der Waals surface area contributed by atoms with Crippen molar-refractivity contribution in [3.05, 3.63) is 59.0 Å². The number of methoxy groups -OCH3 is 1. The number of nitrogens with zero attached hydrogens (tertiary/aromatic N) is 4. The topological polar surface area (TPSA) is 111 Å². The highest BCUT2D eigenvalue weighted by molar-refractivity contribution is 5.69. The van der Waals surface area contributed by atoms with Gasteiger partial charge in [0.1, 0.15) is 12.4 Å². The van der Waals surface area contributed by atoms with E-state index in [9.17, 15) is 23.1 Å². The van der Waals surface area contributed by atoms with Gasteiger partial charge in [-0.2, -0.15) is 18.3 Å². The zero-order chi connectivity index (χ0) is 25.7. The van der Waals surface area contributed by atoms with E-state index in [2.05, 4.69) is 20.4 Å². The maximum atomic E-state index is 13.2. The Morgan fingerprint density at radius 1 is 1.28 bits per heavy atom. The average molecular weight is 505 g/mol. The third-order valence-electron chi connectivity index (χ3n) is 5.76. The molecule has 1 atom stereocenters. The number of aliphatic carboxylic acids is 1. The zero-order valence-corrected chi connectivity index (χ0v) is 19.6. The minimum absolute atomic E-state index is 0.0719. The van der Waals surface area contributed by atoms with E-state index in [4.69, 9.17) is 9.47 Å². The minimum Gasteiger partial charge on any atom is -0.481 e. The second-order valence-electron chi connectivity index (χ2n) is 8.40. The molecule has 9 nitrogen and oxygen atoms in total. The van der Waals surface area contributed by atoms with Gasteiger partial charge < -0.3 is 19.9 Å². The summed E-state index contributed by atoms with van der Waals surface area (Å²) in [6.07, 6.45) is -1.14. The average Bonchev–Trinajstić information content (AvgIpc) is 3.23. The number of aryl methyl sites for hydroxylation is 1.